The van der Waals surface area contributed by atoms with Gasteiger partial charge in [-0.15, -0.1) is 11.3 Å². The molecule has 0 aromatic carbocycles. The van der Waals surface area contributed by atoms with Crippen LogP contribution in [0.2, 0.25) is 0 Å². The Labute approximate surface area is 118 Å². The van der Waals surface area contributed by atoms with Gasteiger partial charge >= 0.3 is 6.03 Å². The highest BCUT2D eigenvalue weighted by Gasteiger charge is 2.02. The van der Waals surface area contributed by atoms with E-state index < -0.39 is 6.03 Å². The number of aromatic nitrogens is 1. The lowest BCUT2D eigenvalue weighted by molar-refractivity contribution is 0.256. The van der Waals surface area contributed by atoms with Gasteiger partial charge in [0.2, 0.25) is 5.13 Å². The van der Waals surface area contributed by atoms with Crippen LogP contribution in [0.5, 0.6) is 0 Å². The summed E-state index contributed by atoms with van der Waals surface area (Å²) in [6.45, 7) is 0. The molecule has 8 nitrogen and oxygen atoms in total. The summed E-state index contributed by atoms with van der Waals surface area (Å²) in [5, 5.41) is 2.42. The lowest BCUT2D eigenvalue weighted by atomic mass is 10.4. The summed E-state index contributed by atoms with van der Waals surface area (Å²) in [5.41, 5.74) is 21.8. The SMILES string of the molecule is NC(=O)/N=C(/N)CCSCc1csc(N=C(N)N)n1. The maximum Gasteiger partial charge on any atom is 0.339 e. The molecule has 0 fully saturated rings. The van der Waals surface area contributed by atoms with Gasteiger partial charge in [0, 0.05) is 23.3 Å². The Morgan fingerprint density at radius 2 is 2.11 bits per heavy atom. The van der Waals surface area contributed by atoms with Gasteiger partial charge in [0.05, 0.1) is 5.69 Å². The van der Waals surface area contributed by atoms with E-state index in [9.17, 15) is 4.79 Å². The molecule has 1 aromatic heterocycles. The van der Waals surface area contributed by atoms with Crippen molar-refractivity contribution in [3.05, 3.63) is 11.1 Å². The molecule has 0 radical (unpaired) electrons. The number of urea groups is 1. The molecule has 8 N–H and O–H groups in total. The van der Waals surface area contributed by atoms with Crippen molar-refractivity contribution >= 4 is 46.1 Å². The van der Waals surface area contributed by atoms with E-state index in [-0.39, 0.29) is 11.8 Å². The molecule has 0 atom stereocenters. The van der Waals surface area contributed by atoms with Crippen LogP contribution in [0.3, 0.4) is 0 Å². The molecule has 2 amide bonds. The first-order valence-corrected chi connectivity index (χ1v) is 7.25. The zero-order valence-corrected chi connectivity index (χ0v) is 11.7. The third kappa shape index (κ3) is 6.62. The largest absolute Gasteiger partial charge is 0.387 e. The number of amides is 2. The number of hydrogen-bond acceptors (Lipinski definition) is 5. The molecular weight excluding hydrogens is 286 g/mol. The maximum atomic E-state index is 10.5. The molecule has 0 aliphatic carbocycles. The minimum Gasteiger partial charge on any atom is -0.387 e. The molecule has 1 heterocycles. The van der Waals surface area contributed by atoms with Gasteiger partial charge in [0.15, 0.2) is 5.96 Å². The number of thiazole rings is 1. The van der Waals surface area contributed by atoms with E-state index in [1.54, 1.807) is 11.8 Å². The average Bonchev–Trinajstić information content (AvgIpc) is 2.70. The van der Waals surface area contributed by atoms with Crippen LogP contribution < -0.4 is 22.9 Å². The van der Waals surface area contributed by atoms with E-state index in [0.29, 0.717) is 17.3 Å². The lowest BCUT2D eigenvalue weighted by Gasteiger charge is -1.99. The number of hydrogen-bond donors (Lipinski definition) is 4. The number of amidine groups is 1. The van der Waals surface area contributed by atoms with Crippen molar-refractivity contribution in [1.29, 1.82) is 0 Å². The Hall–Kier alpha value is -1.81. The van der Waals surface area contributed by atoms with Crippen molar-refractivity contribution in [2.24, 2.45) is 32.9 Å². The normalized spacial score (nSPS) is 11.3. The molecule has 0 unspecified atom stereocenters. The Balaban J connectivity index is 2.32. The summed E-state index contributed by atoms with van der Waals surface area (Å²) >= 11 is 2.98. The fraction of sp³-hybridized carbons (Fsp3) is 0.333. The number of nitrogens with zero attached hydrogens (tertiary/aromatic N) is 3. The zero-order valence-electron chi connectivity index (χ0n) is 10.1. The second-order valence-electron chi connectivity index (χ2n) is 3.40. The van der Waals surface area contributed by atoms with Crippen LogP contribution in [0.25, 0.3) is 0 Å². The molecule has 0 saturated heterocycles. The van der Waals surface area contributed by atoms with Gasteiger partial charge in [-0.3, -0.25) is 0 Å². The Kier molecular flexibility index (Phi) is 6.09. The van der Waals surface area contributed by atoms with Gasteiger partial charge in [-0.05, 0) is 0 Å². The van der Waals surface area contributed by atoms with Crippen molar-refractivity contribution in [3.63, 3.8) is 0 Å². The van der Waals surface area contributed by atoms with Gasteiger partial charge in [0.1, 0.15) is 5.84 Å². The number of thioether (sulfide) groups is 1. The summed E-state index contributed by atoms with van der Waals surface area (Å²) in [6, 6.07) is -0.774. The average molecular weight is 301 g/mol. The second kappa shape index (κ2) is 7.59. The molecule has 10 heteroatoms. The number of aliphatic imine (C=N–C) groups is 2. The molecule has 0 aliphatic rings. The van der Waals surface area contributed by atoms with Crippen LogP contribution in [0.15, 0.2) is 15.4 Å². The van der Waals surface area contributed by atoms with Crippen LogP contribution in [0, 0.1) is 0 Å². The first-order valence-electron chi connectivity index (χ1n) is 5.21. The monoisotopic (exact) mass is 301 g/mol. The first-order chi connectivity index (χ1) is 8.97. The van der Waals surface area contributed by atoms with Crippen molar-refractivity contribution in [3.8, 4) is 0 Å². The predicted molar refractivity (Wildman–Crippen MR) is 79.6 cm³/mol. The Bertz CT molecular complexity index is 493. The number of primary amides is 1. The Morgan fingerprint density at radius 3 is 2.74 bits per heavy atom. The van der Waals surface area contributed by atoms with Crippen LogP contribution in [-0.2, 0) is 5.75 Å². The minimum absolute atomic E-state index is 0.0102. The van der Waals surface area contributed by atoms with Gasteiger partial charge in [0.25, 0.3) is 0 Å². The van der Waals surface area contributed by atoms with E-state index in [0.717, 1.165) is 11.4 Å². The van der Waals surface area contributed by atoms with Crippen LogP contribution in [-0.4, -0.2) is 28.6 Å². The molecule has 1 aromatic rings. The topological polar surface area (TPSA) is 159 Å². The molecule has 104 valence electrons. The number of carbonyl (C=O) groups excluding carboxylic acids is 1. The molecule has 1 rings (SSSR count). The number of guanidine groups is 1. The summed E-state index contributed by atoms with van der Waals surface area (Å²) < 4.78 is 0. The molecule has 0 spiro atoms. The van der Waals surface area contributed by atoms with E-state index >= 15 is 0 Å². The third-order valence-electron chi connectivity index (χ3n) is 1.77. The van der Waals surface area contributed by atoms with E-state index in [1.165, 1.54) is 11.3 Å². The van der Waals surface area contributed by atoms with Crippen molar-refractivity contribution < 1.29 is 4.79 Å². The highest BCUT2D eigenvalue weighted by molar-refractivity contribution is 7.98. The van der Waals surface area contributed by atoms with Gasteiger partial charge in [-0.2, -0.15) is 21.7 Å². The van der Waals surface area contributed by atoms with Crippen molar-refractivity contribution in [2.75, 3.05) is 5.75 Å². The lowest BCUT2D eigenvalue weighted by Crippen LogP contribution is -2.21. The van der Waals surface area contributed by atoms with Crippen LogP contribution >= 0.6 is 23.1 Å². The predicted octanol–water partition coefficient (Wildman–Crippen LogP) is 0.107. The number of carbonyl (C=O) groups is 1. The number of rotatable bonds is 6. The minimum atomic E-state index is -0.774. The fourth-order valence-corrected chi connectivity index (χ4v) is 2.74. The molecular formula is C9H15N7OS2. The van der Waals surface area contributed by atoms with E-state index in [2.05, 4.69) is 15.0 Å². The standard InChI is InChI=1S/C9H15N7OS2/c10-6(15-8(13)17)1-2-18-3-5-4-19-9(14-5)16-7(11)12/h4H,1-3H2,(H4,10,13,15,17)(H4,11,12,14,16). The van der Waals surface area contributed by atoms with Gasteiger partial charge in [-0.1, -0.05) is 0 Å². The molecule has 0 saturated carbocycles. The third-order valence-corrected chi connectivity index (χ3v) is 3.55. The summed E-state index contributed by atoms with van der Waals surface area (Å²) in [4.78, 5) is 22.0. The highest BCUT2D eigenvalue weighted by Crippen LogP contribution is 2.21. The van der Waals surface area contributed by atoms with Gasteiger partial charge in [-0.25, -0.2) is 9.78 Å². The van der Waals surface area contributed by atoms with Crippen LogP contribution in [0.1, 0.15) is 12.1 Å². The summed E-state index contributed by atoms with van der Waals surface area (Å²) in [5.74, 6) is 1.65. The maximum absolute atomic E-state index is 10.5. The summed E-state index contributed by atoms with van der Waals surface area (Å²) in [6.07, 6.45) is 0.499. The van der Waals surface area contributed by atoms with Crippen molar-refractivity contribution in [2.45, 2.75) is 12.2 Å². The molecule has 19 heavy (non-hydrogen) atoms. The summed E-state index contributed by atoms with van der Waals surface area (Å²) in [7, 11) is 0. The fourth-order valence-electron chi connectivity index (χ4n) is 1.08. The quantitative estimate of drug-likeness (QED) is 0.331. The Morgan fingerprint density at radius 1 is 1.37 bits per heavy atom. The van der Waals surface area contributed by atoms with E-state index in [1.807, 2.05) is 5.38 Å². The van der Waals surface area contributed by atoms with E-state index in [4.69, 9.17) is 22.9 Å². The zero-order chi connectivity index (χ0) is 14.3. The molecule has 0 aliphatic heterocycles. The van der Waals surface area contributed by atoms with Crippen LogP contribution in [0.4, 0.5) is 9.93 Å². The highest BCUT2D eigenvalue weighted by atomic mass is 32.2. The second-order valence-corrected chi connectivity index (χ2v) is 5.34. The number of nitrogens with two attached hydrogens (primary N) is 4. The first kappa shape index (κ1) is 15.2. The van der Waals surface area contributed by atoms with Gasteiger partial charge < -0.3 is 22.9 Å². The molecule has 0 bridgehead atoms. The smallest absolute Gasteiger partial charge is 0.339 e. The van der Waals surface area contributed by atoms with Crippen molar-refractivity contribution in [1.82, 2.24) is 4.98 Å².